The van der Waals surface area contributed by atoms with Gasteiger partial charge in [-0.3, -0.25) is 10.1 Å². The number of hydrogen-bond donors (Lipinski definition) is 1. The van der Waals surface area contributed by atoms with Gasteiger partial charge in [0.05, 0.1) is 24.9 Å². The molecule has 0 saturated heterocycles. The average Bonchev–Trinajstić information content (AvgIpc) is 3.37. The minimum Gasteiger partial charge on any atom is -0.377 e. The maximum atomic E-state index is 12.4. The molecule has 2 aromatic rings. The van der Waals surface area contributed by atoms with E-state index in [4.69, 9.17) is 0 Å². The number of benzene rings is 1. The van der Waals surface area contributed by atoms with Gasteiger partial charge in [0.2, 0.25) is 18.2 Å². The predicted octanol–water partition coefficient (Wildman–Crippen LogP) is -2.21. The van der Waals surface area contributed by atoms with Crippen LogP contribution in [0.1, 0.15) is 12.6 Å². The molecule has 1 N–H and O–H groups in total. The number of aliphatic imine (C=N–C) groups is 1. The van der Waals surface area contributed by atoms with Crippen LogP contribution < -0.4 is 39.7 Å². The standard InChI is InChI=1S/C22H21N9O/c1-14-23-11-18(26-14)21(32)28-22-24-12-20(30(4)5)16(27-22)8-9-31-13-25-17-10-15(29(2)3)6-7-19(17)31/h6-7,10-13H,1-5H3/q+2/p+1. The Morgan fingerprint density at radius 1 is 1.16 bits per heavy atom. The zero-order chi connectivity index (χ0) is 22.8. The van der Waals surface area contributed by atoms with Crippen LogP contribution in [-0.4, -0.2) is 68.2 Å². The zero-order valence-corrected chi connectivity index (χ0v) is 18.5. The number of hydrogen-bond acceptors (Lipinski definition) is 6. The summed E-state index contributed by atoms with van der Waals surface area (Å²) in [6, 6.07) is 9.08. The third-order valence-electron chi connectivity index (χ3n) is 4.71. The summed E-state index contributed by atoms with van der Waals surface area (Å²) in [6.07, 6.45) is 4.70. The summed E-state index contributed by atoms with van der Waals surface area (Å²) in [7, 11) is 7.72. The van der Waals surface area contributed by atoms with Crippen molar-refractivity contribution in [3.8, 4) is 12.0 Å². The number of carbonyl (C=O) groups excluding carboxylic acids is 1. The van der Waals surface area contributed by atoms with Crippen LogP contribution in [0.4, 0.5) is 17.3 Å². The lowest BCUT2D eigenvalue weighted by Gasteiger charge is -2.13. The van der Waals surface area contributed by atoms with Gasteiger partial charge in [-0.1, -0.05) is 0 Å². The van der Waals surface area contributed by atoms with Crippen molar-refractivity contribution in [1.29, 1.82) is 0 Å². The van der Waals surface area contributed by atoms with Gasteiger partial charge in [-0.15, -0.1) is 0 Å². The second kappa shape index (κ2) is 8.28. The number of anilines is 3. The lowest BCUT2D eigenvalue weighted by atomic mass is 10.3. The molecule has 0 bridgehead atoms. The molecule has 1 aromatic carbocycles. The topological polar surface area (TPSA) is 105 Å². The lowest BCUT2D eigenvalue weighted by Crippen LogP contribution is -2.33. The Kier molecular flexibility index (Phi) is 5.36. The van der Waals surface area contributed by atoms with E-state index in [1.54, 1.807) is 24.0 Å². The molecule has 4 rings (SSSR count). The van der Waals surface area contributed by atoms with Crippen molar-refractivity contribution in [1.82, 2.24) is 23.9 Å². The molecular weight excluding hydrogens is 406 g/mol. The summed E-state index contributed by atoms with van der Waals surface area (Å²) in [5.74, 6) is 3.30. The Hall–Kier alpha value is -4.57. The monoisotopic (exact) mass is 428 g/mol. The second-order valence-corrected chi connectivity index (χ2v) is 7.50. The Morgan fingerprint density at radius 2 is 1.97 bits per heavy atom. The van der Waals surface area contributed by atoms with Crippen LogP contribution in [0.3, 0.4) is 0 Å². The summed E-state index contributed by atoms with van der Waals surface area (Å²) >= 11 is 0. The maximum absolute atomic E-state index is 12.4. The molecule has 1 aromatic heterocycles. The number of carbonyl (C=O) groups is 1. The Morgan fingerprint density at radius 3 is 2.66 bits per heavy atom. The van der Waals surface area contributed by atoms with E-state index in [1.807, 2.05) is 56.2 Å². The van der Waals surface area contributed by atoms with Gasteiger partial charge in [0.15, 0.2) is 0 Å². The first kappa shape index (κ1) is 20.7. The number of rotatable bonds is 4. The van der Waals surface area contributed by atoms with Gasteiger partial charge in [0.25, 0.3) is 5.71 Å². The fourth-order valence-electron chi connectivity index (χ4n) is 3.00. The van der Waals surface area contributed by atoms with Crippen molar-refractivity contribution in [2.45, 2.75) is 6.92 Å². The minimum absolute atomic E-state index is 0.136. The Balaban J connectivity index is 1.66. The molecule has 10 heteroatoms. The molecule has 2 aliphatic rings. The first-order valence-electron chi connectivity index (χ1n) is 9.80. The van der Waals surface area contributed by atoms with E-state index in [2.05, 4.69) is 41.6 Å². The molecule has 0 radical (unpaired) electrons. The fraction of sp³-hybridized carbons (Fsp3) is 0.227. The number of aromatic nitrogens is 2. The van der Waals surface area contributed by atoms with Crippen molar-refractivity contribution >= 4 is 47.3 Å². The normalized spacial score (nSPS) is 13.0. The Labute approximate surface area is 184 Å². The van der Waals surface area contributed by atoms with E-state index < -0.39 is 5.91 Å². The first-order valence-corrected chi connectivity index (χ1v) is 9.80. The maximum Gasteiger partial charge on any atom is 0.537 e. The van der Waals surface area contributed by atoms with Crippen LogP contribution in [0.2, 0.25) is 0 Å². The molecule has 10 nitrogen and oxygen atoms in total. The van der Waals surface area contributed by atoms with E-state index in [0.29, 0.717) is 11.5 Å². The van der Waals surface area contributed by atoms with Gasteiger partial charge in [-0.2, -0.15) is 0 Å². The third kappa shape index (κ3) is 4.16. The van der Waals surface area contributed by atoms with Crippen LogP contribution in [0.5, 0.6) is 0 Å². The highest BCUT2D eigenvalue weighted by molar-refractivity contribution is 6.64. The molecule has 0 unspecified atom stereocenters. The SMILES string of the molecule is CC1=[N+]=CC(C(=O)Nc2ncc(N(C)C)c(C#C[N+]3=c4ccc(N(C)C)cc4=[N+]=C3)n2)=N1. The molecule has 1 amide bonds. The summed E-state index contributed by atoms with van der Waals surface area (Å²) < 4.78 is 10.2. The fourth-order valence-corrected chi connectivity index (χ4v) is 3.00. The van der Waals surface area contributed by atoms with E-state index in [-0.39, 0.29) is 11.7 Å². The van der Waals surface area contributed by atoms with Crippen LogP contribution in [0.25, 0.3) is 0 Å². The summed E-state index contributed by atoms with van der Waals surface area (Å²) in [6.45, 7) is 1.72. The smallest absolute Gasteiger partial charge is 0.377 e. The van der Waals surface area contributed by atoms with E-state index in [0.717, 1.165) is 22.1 Å². The molecule has 0 fully saturated rings. The van der Waals surface area contributed by atoms with Gasteiger partial charge >= 0.3 is 28.8 Å². The van der Waals surface area contributed by atoms with Gasteiger partial charge in [-0.25, -0.2) is 14.6 Å². The van der Waals surface area contributed by atoms with Crippen molar-refractivity contribution < 1.29 is 4.79 Å². The van der Waals surface area contributed by atoms with Gasteiger partial charge in [0, 0.05) is 45.9 Å². The van der Waals surface area contributed by atoms with Crippen LogP contribution in [-0.2, 0) is 4.79 Å². The molecular formula is C22H22N9O+3. The largest absolute Gasteiger partial charge is 0.537 e. The predicted molar refractivity (Wildman–Crippen MR) is 127 cm³/mol. The molecule has 32 heavy (non-hydrogen) atoms. The van der Waals surface area contributed by atoms with Crippen molar-refractivity contribution in [2.24, 2.45) is 4.99 Å². The van der Waals surface area contributed by atoms with E-state index in [9.17, 15) is 4.79 Å². The molecule has 158 valence electrons. The van der Waals surface area contributed by atoms with Gasteiger partial charge in [0.1, 0.15) is 5.69 Å². The van der Waals surface area contributed by atoms with Gasteiger partial charge in [-0.05, 0) is 20.3 Å². The van der Waals surface area contributed by atoms with Crippen molar-refractivity contribution in [2.75, 3.05) is 43.3 Å². The highest BCUT2D eigenvalue weighted by Crippen LogP contribution is 2.16. The van der Waals surface area contributed by atoms with Crippen LogP contribution in [0, 0.1) is 12.0 Å². The number of fused-ring (bicyclic) bond motifs is 1. The molecule has 3 heterocycles. The molecule has 0 aliphatic carbocycles. The van der Waals surface area contributed by atoms with Crippen molar-refractivity contribution in [3.63, 3.8) is 0 Å². The number of nitrogens with zero attached hydrogens (tertiary/aromatic N) is 8. The highest BCUT2D eigenvalue weighted by Gasteiger charge is 2.24. The average molecular weight is 428 g/mol. The quantitative estimate of drug-likeness (QED) is 0.338. The molecule has 0 saturated carbocycles. The van der Waals surface area contributed by atoms with Crippen LogP contribution >= 0.6 is 0 Å². The first-order chi connectivity index (χ1) is 15.3. The zero-order valence-electron chi connectivity index (χ0n) is 18.5. The molecule has 2 aliphatic heterocycles. The molecule has 0 spiro atoms. The third-order valence-corrected chi connectivity index (χ3v) is 4.71. The number of nitrogens with one attached hydrogen (secondary N) is 1. The lowest BCUT2D eigenvalue weighted by molar-refractivity contribution is -0.110. The Bertz CT molecular complexity index is 1460. The molecule has 0 atom stereocenters. The summed E-state index contributed by atoms with van der Waals surface area (Å²) in [5, 5.41) is 4.38. The minimum atomic E-state index is -0.431. The number of amidine groups is 1. The highest BCUT2D eigenvalue weighted by atomic mass is 16.2. The van der Waals surface area contributed by atoms with E-state index >= 15 is 0 Å². The number of amides is 1. The van der Waals surface area contributed by atoms with Crippen LogP contribution in [0.15, 0.2) is 29.4 Å². The van der Waals surface area contributed by atoms with E-state index in [1.165, 1.54) is 6.21 Å². The second-order valence-electron chi connectivity index (χ2n) is 7.50. The summed E-state index contributed by atoms with van der Waals surface area (Å²) in [4.78, 5) is 29.0. The van der Waals surface area contributed by atoms with Gasteiger partial charge < -0.3 is 9.80 Å². The summed E-state index contributed by atoms with van der Waals surface area (Å²) in [5.41, 5.74) is 2.46. The van der Waals surface area contributed by atoms with Crippen molar-refractivity contribution in [3.05, 3.63) is 40.8 Å².